The Hall–Kier alpha value is -0.790. The lowest BCUT2D eigenvalue weighted by molar-refractivity contribution is 0.205. The third kappa shape index (κ3) is 2.07. The molecule has 62 valence electrons. The molecule has 0 aromatic heterocycles. The fourth-order valence-electron chi connectivity index (χ4n) is 0.967. The van der Waals surface area contributed by atoms with Crippen LogP contribution < -0.4 is 0 Å². The third-order valence-corrected chi connectivity index (χ3v) is 1.88. The van der Waals surface area contributed by atoms with Crippen molar-refractivity contribution in [2.45, 2.75) is 26.7 Å². The minimum absolute atomic E-state index is 0.137. The number of hydrogen-bond acceptors (Lipinski definition) is 1. The van der Waals surface area contributed by atoms with Crippen molar-refractivity contribution < 1.29 is 9.13 Å². The van der Waals surface area contributed by atoms with Crippen molar-refractivity contribution in [3.63, 3.8) is 0 Å². The van der Waals surface area contributed by atoms with Crippen LogP contribution in [0.5, 0.6) is 0 Å². The van der Waals surface area contributed by atoms with Gasteiger partial charge in [0.25, 0.3) is 0 Å². The highest BCUT2D eigenvalue weighted by atomic mass is 19.1. The monoisotopic (exact) mass is 156 g/mol. The molecule has 1 rings (SSSR count). The Balaban J connectivity index is 2.83. The van der Waals surface area contributed by atoms with Crippen LogP contribution in [0.15, 0.2) is 23.2 Å². The number of rotatable bonds is 0. The fraction of sp³-hybridized carbons (Fsp3) is 0.556. The van der Waals surface area contributed by atoms with Gasteiger partial charge >= 0.3 is 0 Å². The van der Waals surface area contributed by atoms with Crippen LogP contribution >= 0.6 is 0 Å². The van der Waals surface area contributed by atoms with Crippen LogP contribution in [0.1, 0.15) is 26.7 Å². The minimum Gasteiger partial charge on any atom is -0.498 e. The molecule has 2 heteroatoms. The van der Waals surface area contributed by atoms with Crippen molar-refractivity contribution in [1.29, 1.82) is 0 Å². The van der Waals surface area contributed by atoms with E-state index in [9.17, 15) is 4.39 Å². The summed E-state index contributed by atoms with van der Waals surface area (Å²) in [7, 11) is 0. The molecule has 0 aromatic carbocycles. The van der Waals surface area contributed by atoms with E-state index in [-0.39, 0.29) is 5.83 Å². The summed E-state index contributed by atoms with van der Waals surface area (Å²) in [5.74, 6) is 0.570. The second-order valence-corrected chi connectivity index (χ2v) is 2.72. The standard InChI is InChI=1S/C9H13FO/c1-7-8(2)11-6-4-3-5-9(7)10/h5H,3-4,6H2,1-2H3/b8-7+,9-5+. The molecule has 0 amide bonds. The lowest BCUT2D eigenvalue weighted by Crippen LogP contribution is -1.98. The van der Waals surface area contributed by atoms with Crippen LogP contribution in [0.3, 0.4) is 0 Å². The highest BCUT2D eigenvalue weighted by Gasteiger charge is 2.06. The number of halogens is 1. The zero-order valence-corrected chi connectivity index (χ0v) is 6.98. The molecule has 0 radical (unpaired) electrons. The molecule has 1 aliphatic heterocycles. The highest BCUT2D eigenvalue weighted by Crippen LogP contribution is 2.19. The van der Waals surface area contributed by atoms with Gasteiger partial charge in [0.15, 0.2) is 0 Å². The molecular weight excluding hydrogens is 143 g/mol. The Bertz CT molecular complexity index is 204. The van der Waals surface area contributed by atoms with Gasteiger partial charge in [0.2, 0.25) is 0 Å². The molecule has 1 heterocycles. The highest BCUT2D eigenvalue weighted by molar-refractivity contribution is 5.25. The molecule has 0 spiro atoms. The first kappa shape index (κ1) is 8.31. The Morgan fingerprint density at radius 3 is 2.91 bits per heavy atom. The van der Waals surface area contributed by atoms with Gasteiger partial charge in [0, 0.05) is 5.57 Å². The van der Waals surface area contributed by atoms with Crippen molar-refractivity contribution in [2.75, 3.05) is 6.61 Å². The molecule has 0 aromatic rings. The molecule has 0 atom stereocenters. The maximum atomic E-state index is 13.0. The van der Waals surface area contributed by atoms with Crippen LogP contribution in [-0.2, 0) is 4.74 Å². The van der Waals surface area contributed by atoms with E-state index in [1.54, 1.807) is 19.9 Å². The molecule has 0 bridgehead atoms. The van der Waals surface area contributed by atoms with E-state index in [0.717, 1.165) is 12.8 Å². The van der Waals surface area contributed by atoms with Gasteiger partial charge in [-0.1, -0.05) is 0 Å². The van der Waals surface area contributed by atoms with Gasteiger partial charge in [0.05, 0.1) is 12.4 Å². The first-order chi connectivity index (χ1) is 5.22. The van der Waals surface area contributed by atoms with E-state index in [4.69, 9.17) is 4.74 Å². The van der Waals surface area contributed by atoms with Crippen LogP contribution in [0.2, 0.25) is 0 Å². The predicted molar refractivity (Wildman–Crippen MR) is 42.8 cm³/mol. The van der Waals surface area contributed by atoms with E-state index in [1.165, 1.54) is 0 Å². The Labute approximate surface area is 66.6 Å². The summed E-state index contributed by atoms with van der Waals surface area (Å²) in [4.78, 5) is 0. The maximum Gasteiger partial charge on any atom is 0.125 e. The predicted octanol–water partition coefficient (Wildman–Crippen LogP) is 2.94. The smallest absolute Gasteiger partial charge is 0.125 e. The molecule has 0 aliphatic carbocycles. The largest absolute Gasteiger partial charge is 0.498 e. The zero-order valence-electron chi connectivity index (χ0n) is 6.98. The van der Waals surface area contributed by atoms with Gasteiger partial charge in [-0.15, -0.1) is 0 Å². The number of allylic oxidation sites excluding steroid dienone is 4. The second-order valence-electron chi connectivity index (χ2n) is 2.72. The lowest BCUT2D eigenvalue weighted by atomic mass is 10.1. The van der Waals surface area contributed by atoms with Crippen molar-refractivity contribution in [2.24, 2.45) is 0 Å². The van der Waals surface area contributed by atoms with Gasteiger partial charge in [-0.2, -0.15) is 0 Å². The molecule has 0 N–H and O–H groups in total. The van der Waals surface area contributed by atoms with E-state index in [1.807, 2.05) is 0 Å². The first-order valence-corrected chi connectivity index (χ1v) is 3.88. The Morgan fingerprint density at radius 1 is 1.45 bits per heavy atom. The molecule has 0 unspecified atom stereocenters. The SMILES string of the molecule is C/C1=C(C)\C(F)=C/CCCO1. The second kappa shape index (κ2) is 3.56. The van der Waals surface area contributed by atoms with Crippen molar-refractivity contribution in [3.8, 4) is 0 Å². The van der Waals surface area contributed by atoms with E-state index < -0.39 is 0 Å². The number of hydrogen-bond donors (Lipinski definition) is 0. The summed E-state index contributed by atoms with van der Waals surface area (Å²) >= 11 is 0. The molecule has 0 saturated heterocycles. The summed E-state index contributed by atoms with van der Waals surface area (Å²) in [5, 5.41) is 0. The van der Waals surface area contributed by atoms with Gasteiger partial charge in [-0.25, -0.2) is 4.39 Å². The summed E-state index contributed by atoms with van der Waals surface area (Å²) < 4.78 is 18.3. The van der Waals surface area contributed by atoms with Crippen molar-refractivity contribution in [3.05, 3.63) is 23.2 Å². The third-order valence-electron chi connectivity index (χ3n) is 1.88. The number of ether oxygens (including phenoxy) is 1. The summed E-state index contributed by atoms with van der Waals surface area (Å²) in [6.07, 6.45) is 3.30. The van der Waals surface area contributed by atoms with E-state index in [2.05, 4.69) is 0 Å². The molecular formula is C9H13FO. The zero-order chi connectivity index (χ0) is 8.27. The molecule has 1 aliphatic rings. The quantitative estimate of drug-likeness (QED) is 0.524. The normalized spacial score (nSPS) is 31.4. The van der Waals surface area contributed by atoms with Crippen LogP contribution in [0.25, 0.3) is 0 Å². The van der Waals surface area contributed by atoms with Crippen LogP contribution in [0.4, 0.5) is 4.39 Å². The summed E-state index contributed by atoms with van der Waals surface area (Å²) in [6, 6.07) is 0. The van der Waals surface area contributed by atoms with Gasteiger partial charge in [-0.3, -0.25) is 0 Å². The van der Waals surface area contributed by atoms with Gasteiger partial charge < -0.3 is 4.74 Å². The molecule has 0 fully saturated rings. The molecule has 1 nitrogen and oxygen atoms in total. The van der Waals surface area contributed by atoms with E-state index >= 15 is 0 Å². The summed E-state index contributed by atoms with van der Waals surface area (Å²) in [5.41, 5.74) is 0.629. The molecule has 11 heavy (non-hydrogen) atoms. The first-order valence-electron chi connectivity index (χ1n) is 3.88. The lowest BCUT2D eigenvalue weighted by Gasteiger charge is -2.11. The maximum absolute atomic E-state index is 13.0. The van der Waals surface area contributed by atoms with Crippen molar-refractivity contribution in [1.82, 2.24) is 0 Å². The fourth-order valence-corrected chi connectivity index (χ4v) is 0.967. The van der Waals surface area contributed by atoms with Crippen LogP contribution in [0, 0.1) is 0 Å². The van der Waals surface area contributed by atoms with Gasteiger partial charge in [0.1, 0.15) is 5.83 Å². The average molecular weight is 156 g/mol. The van der Waals surface area contributed by atoms with E-state index in [0.29, 0.717) is 17.9 Å². The van der Waals surface area contributed by atoms with Crippen molar-refractivity contribution >= 4 is 0 Å². The summed E-state index contributed by atoms with van der Waals surface area (Å²) in [6.45, 7) is 4.24. The Morgan fingerprint density at radius 2 is 2.18 bits per heavy atom. The minimum atomic E-state index is -0.137. The molecule has 0 saturated carbocycles. The Kier molecular flexibility index (Phi) is 2.69. The van der Waals surface area contributed by atoms with Crippen LogP contribution in [-0.4, -0.2) is 6.61 Å². The van der Waals surface area contributed by atoms with Gasteiger partial charge in [-0.05, 0) is 32.8 Å². The topological polar surface area (TPSA) is 9.23 Å². The average Bonchev–Trinajstić information content (AvgIpc) is 2.00.